The highest BCUT2D eigenvalue weighted by molar-refractivity contribution is 5.54. The molecular formula is C17H22O3. The fraction of sp³-hybridized carbons (Fsp3) is 0.471. The van der Waals surface area contributed by atoms with Crippen LogP contribution in [0.15, 0.2) is 30.4 Å². The van der Waals surface area contributed by atoms with Crippen molar-refractivity contribution in [2.24, 2.45) is 5.92 Å². The third kappa shape index (κ3) is 4.41. The molecule has 1 aromatic carbocycles. The second-order valence-corrected chi connectivity index (χ2v) is 5.26. The Labute approximate surface area is 120 Å². The second-order valence-electron chi connectivity index (χ2n) is 5.26. The quantitative estimate of drug-likeness (QED) is 0.619. The van der Waals surface area contributed by atoms with E-state index in [4.69, 9.17) is 9.47 Å². The van der Waals surface area contributed by atoms with Gasteiger partial charge in [-0.2, -0.15) is 0 Å². The van der Waals surface area contributed by atoms with Gasteiger partial charge in [0.1, 0.15) is 6.29 Å². The van der Waals surface area contributed by atoms with Crippen molar-refractivity contribution in [2.45, 2.75) is 39.0 Å². The Morgan fingerprint density at radius 2 is 1.85 bits per heavy atom. The van der Waals surface area contributed by atoms with E-state index in [0.29, 0.717) is 6.79 Å². The third-order valence-corrected chi connectivity index (χ3v) is 3.39. The molecule has 0 aromatic heterocycles. The largest absolute Gasteiger partial charge is 0.454 e. The molecule has 0 saturated heterocycles. The molecule has 3 rings (SSSR count). The summed E-state index contributed by atoms with van der Waals surface area (Å²) in [6.45, 7) is 2.19. The van der Waals surface area contributed by atoms with Gasteiger partial charge in [-0.25, -0.2) is 0 Å². The number of fused-ring (bicyclic) bond motifs is 1. The van der Waals surface area contributed by atoms with Crippen molar-refractivity contribution in [3.8, 4) is 11.5 Å². The van der Waals surface area contributed by atoms with Crippen molar-refractivity contribution in [3.63, 3.8) is 0 Å². The van der Waals surface area contributed by atoms with Gasteiger partial charge in [-0.3, -0.25) is 0 Å². The molecule has 3 heteroatoms. The van der Waals surface area contributed by atoms with Crippen LogP contribution in [0.2, 0.25) is 0 Å². The molecule has 0 amide bonds. The highest BCUT2D eigenvalue weighted by atomic mass is 16.7. The summed E-state index contributed by atoms with van der Waals surface area (Å²) in [5, 5.41) is 0. The molecule has 1 unspecified atom stereocenters. The van der Waals surface area contributed by atoms with E-state index in [1.807, 2.05) is 25.1 Å². The minimum Gasteiger partial charge on any atom is -0.454 e. The van der Waals surface area contributed by atoms with Crippen LogP contribution < -0.4 is 9.47 Å². The Balaban J connectivity index is 0.000000205. The summed E-state index contributed by atoms with van der Waals surface area (Å²) in [4.78, 5) is 10.5. The second kappa shape index (κ2) is 7.73. The summed E-state index contributed by atoms with van der Waals surface area (Å²) >= 11 is 0. The van der Waals surface area contributed by atoms with Gasteiger partial charge in [-0.15, -0.1) is 0 Å². The fourth-order valence-electron chi connectivity index (χ4n) is 2.25. The maximum Gasteiger partial charge on any atom is 0.231 e. The van der Waals surface area contributed by atoms with E-state index in [-0.39, 0.29) is 5.92 Å². The zero-order valence-electron chi connectivity index (χ0n) is 12.0. The monoisotopic (exact) mass is 274 g/mol. The normalized spacial score (nSPS) is 17.1. The number of ether oxygens (including phenoxy) is 2. The SMILES string of the molecule is C1=CCCCC1.CC(C=O)Cc1ccc2c(c1)OCO2. The van der Waals surface area contributed by atoms with Crippen molar-refractivity contribution in [2.75, 3.05) is 6.79 Å². The first-order valence-corrected chi connectivity index (χ1v) is 7.28. The van der Waals surface area contributed by atoms with Crippen LogP contribution in [0.4, 0.5) is 0 Å². The van der Waals surface area contributed by atoms with E-state index in [1.165, 1.54) is 25.7 Å². The molecule has 0 saturated carbocycles. The van der Waals surface area contributed by atoms with Crippen molar-refractivity contribution in [3.05, 3.63) is 35.9 Å². The summed E-state index contributed by atoms with van der Waals surface area (Å²) in [6, 6.07) is 5.78. The Hall–Kier alpha value is -1.77. The summed E-state index contributed by atoms with van der Waals surface area (Å²) < 4.78 is 10.4. The lowest BCUT2D eigenvalue weighted by molar-refractivity contribution is -0.110. The van der Waals surface area contributed by atoms with Crippen molar-refractivity contribution in [1.82, 2.24) is 0 Å². The Morgan fingerprint density at radius 1 is 1.15 bits per heavy atom. The van der Waals surface area contributed by atoms with Crippen LogP contribution >= 0.6 is 0 Å². The number of hydrogen-bond acceptors (Lipinski definition) is 3. The molecule has 1 atom stereocenters. The zero-order chi connectivity index (χ0) is 14.2. The number of rotatable bonds is 3. The average Bonchev–Trinajstić information content (AvgIpc) is 2.97. The van der Waals surface area contributed by atoms with Gasteiger partial charge >= 0.3 is 0 Å². The van der Waals surface area contributed by atoms with Gasteiger partial charge in [0.2, 0.25) is 6.79 Å². The molecule has 0 fully saturated rings. The molecule has 2 aliphatic rings. The molecule has 0 spiro atoms. The van der Waals surface area contributed by atoms with Gasteiger partial charge in [0.05, 0.1) is 0 Å². The summed E-state index contributed by atoms with van der Waals surface area (Å²) in [5.74, 6) is 1.61. The van der Waals surface area contributed by atoms with Crippen LogP contribution in [0.5, 0.6) is 11.5 Å². The highest BCUT2D eigenvalue weighted by Gasteiger charge is 2.13. The number of aldehydes is 1. The number of carbonyl (C=O) groups is 1. The minimum atomic E-state index is 0.0513. The summed E-state index contributed by atoms with van der Waals surface area (Å²) in [6.07, 6.45) is 11.7. The van der Waals surface area contributed by atoms with Crippen molar-refractivity contribution < 1.29 is 14.3 Å². The van der Waals surface area contributed by atoms with Crippen LogP contribution in [0.1, 0.15) is 38.2 Å². The molecule has 1 aliphatic carbocycles. The molecule has 3 nitrogen and oxygen atoms in total. The number of benzene rings is 1. The van der Waals surface area contributed by atoms with E-state index in [9.17, 15) is 4.79 Å². The van der Waals surface area contributed by atoms with E-state index in [1.54, 1.807) is 0 Å². The third-order valence-electron chi connectivity index (χ3n) is 3.39. The molecular weight excluding hydrogens is 252 g/mol. The lowest BCUT2D eigenvalue weighted by atomic mass is 10.0. The number of carbonyl (C=O) groups excluding carboxylic acids is 1. The molecule has 0 N–H and O–H groups in total. The molecule has 1 aromatic rings. The molecule has 0 radical (unpaired) electrons. The van der Waals surface area contributed by atoms with Crippen LogP contribution in [0.25, 0.3) is 0 Å². The van der Waals surface area contributed by atoms with Crippen LogP contribution in [0.3, 0.4) is 0 Å². The first-order chi connectivity index (χ1) is 9.79. The fourth-order valence-corrected chi connectivity index (χ4v) is 2.25. The maximum absolute atomic E-state index is 10.5. The van der Waals surface area contributed by atoms with Gasteiger partial charge < -0.3 is 14.3 Å². The van der Waals surface area contributed by atoms with Gasteiger partial charge in [0.25, 0.3) is 0 Å². The molecule has 0 bridgehead atoms. The first kappa shape index (κ1) is 14.6. The van der Waals surface area contributed by atoms with E-state index in [2.05, 4.69) is 12.2 Å². The topological polar surface area (TPSA) is 35.5 Å². The standard InChI is InChI=1S/C11H12O3.C6H10/c1-8(6-12)4-9-2-3-10-11(5-9)14-7-13-10;1-2-4-6-5-3-1/h2-3,5-6,8H,4,7H2,1H3;1-2H,3-6H2. The molecule has 108 valence electrons. The first-order valence-electron chi connectivity index (χ1n) is 7.28. The minimum absolute atomic E-state index is 0.0513. The predicted molar refractivity (Wildman–Crippen MR) is 79.1 cm³/mol. The predicted octanol–water partition coefficient (Wildman–Crippen LogP) is 3.91. The van der Waals surface area contributed by atoms with Crippen LogP contribution in [0, 0.1) is 5.92 Å². The van der Waals surface area contributed by atoms with Gasteiger partial charge in [0.15, 0.2) is 11.5 Å². The molecule has 20 heavy (non-hydrogen) atoms. The lowest BCUT2D eigenvalue weighted by Gasteiger charge is -2.04. The molecule has 1 heterocycles. The van der Waals surface area contributed by atoms with Crippen molar-refractivity contribution >= 4 is 6.29 Å². The van der Waals surface area contributed by atoms with Gasteiger partial charge in [-0.05, 0) is 49.8 Å². The maximum atomic E-state index is 10.5. The Bertz CT molecular complexity index is 457. The average molecular weight is 274 g/mol. The van der Waals surface area contributed by atoms with E-state index in [0.717, 1.165) is 29.8 Å². The summed E-state index contributed by atoms with van der Waals surface area (Å²) in [5.41, 5.74) is 1.11. The molecule has 1 aliphatic heterocycles. The smallest absolute Gasteiger partial charge is 0.231 e. The van der Waals surface area contributed by atoms with Crippen LogP contribution in [-0.2, 0) is 11.2 Å². The Morgan fingerprint density at radius 3 is 2.45 bits per heavy atom. The Kier molecular flexibility index (Phi) is 5.66. The summed E-state index contributed by atoms with van der Waals surface area (Å²) in [7, 11) is 0. The van der Waals surface area contributed by atoms with E-state index >= 15 is 0 Å². The van der Waals surface area contributed by atoms with E-state index < -0.39 is 0 Å². The van der Waals surface area contributed by atoms with Gasteiger partial charge in [0, 0.05) is 5.92 Å². The number of allylic oxidation sites excluding steroid dienone is 2. The van der Waals surface area contributed by atoms with Crippen molar-refractivity contribution in [1.29, 1.82) is 0 Å². The highest BCUT2D eigenvalue weighted by Crippen LogP contribution is 2.32. The number of hydrogen-bond donors (Lipinski definition) is 0. The zero-order valence-corrected chi connectivity index (χ0v) is 12.0. The lowest BCUT2D eigenvalue weighted by Crippen LogP contribution is -2.00. The van der Waals surface area contributed by atoms with Gasteiger partial charge in [-0.1, -0.05) is 25.1 Å². The van der Waals surface area contributed by atoms with Crippen LogP contribution in [-0.4, -0.2) is 13.1 Å².